The van der Waals surface area contributed by atoms with Crippen molar-refractivity contribution in [2.75, 3.05) is 6.61 Å². The van der Waals surface area contributed by atoms with Gasteiger partial charge in [-0.2, -0.15) is 0 Å². The maximum atomic E-state index is 13.5. The lowest BCUT2D eigenvalue weighted by Crippen LogP contribution is -2.11. The molecule has 0 amide bonds. The van der Waals surface area contributed by atoms with Gasteiger partial charge in [-0.05, 0) is 13.8 Å². The van der Waals surface area contributed by atoms with E-state index in [-0.39, 0.29) is 24.3 Å². The van der Waals surface area contributed by atoms with Gasteiger partial charge in [-0.1, -0.05) is 0 Å². The average Bonchev–Trinajstić information content (AvgIpc) is 2.25. The molecule has 1 heterocycles. The summed E-state index contributed by atoms with van der Waals surface area (Å²) in [6.45, 7) is 3.15. The summed E-state index contributed by atoms with van der Waals surface area (Å²) in [7, 11) is 0. The van der Waals surface area contributed by atoms with Crippen LogP contribution in [0.15, 0.2) is 6.20 Å². The van der Waals surface area contributed by atoms with E-state index in [1.54, 1.807) is 6.92 Å². The minimum Gasteiger partial charge on any atom is -0.466 e. The van der Waals surface area contributed by atoms with Crippen LogP contribution in [0.4, 0.5) is 13.2 Å². The fourth-order valence-electron chi connectivity index (χ4n) is 1.32. The van der Waals surface area contributed by atoms with Crippen molar-refractivity contribution in [3.05, 3.63) is 28.8 Å². The van der Waals surface area contributed by atoms with E-state index in [0.717, 1.165) is 6.20 Å². The summed E-state index contributed by atoms with van der Waals surface area (Å²) < 4.78 is 42.8. The first-order chi connectivity index (χ1) is 7.97. The topological polar surface area (TPSA) is 39.2 Å². The molecule has 94 valence electrons. The molecule has 0 fully saturated rings. The fourth-order valence-corrected chi connectivity index (χ4v) is 1.32. The average molecular weight is 247 g/mol. The van der Waals surface area contributed by atoms with Gasteiger partial charge in [-0.15, -0.1) is 0 Å². The van der Waals surface area contributed by atoms with Gasteiger partial charge in [0.15, 0.2) is 0 Å². The molecule has 0 radical (unpaired) electrons. The normalized spacial score (nSPS) is 10.7. The van der Waals surface area contributed by atoms with Gasteiger partial charge in [-0.25, -0.2) is 13.2 Å². The molecule has 0 N–H and O–H groups in total. The van der Waals surface area contributed by atoms with E-state index in [0.29, 0.717) is 0 Å². The summed E-state index contributed by atoms with van der Waals surface area (Å²) in [6, 6.07) is 0. The van der Waals surface area contributed by atoms with Crippen LogP contribution in [0.2, 0.25) is 0 Å². The maximum Gasteiger partial charge on any atom is 0.311 e. The second kappa shape index (κ2) is 5.65. The lowest BCUT2D eigenvalue weighted by molar-refractivity contribution is -0.142. The van der Waals surface area contributed by atoms with E-state index < -0.39 is 23.8 Å². The molecule has 0 aromatic carbocycles. The Balaban J connectivity index is 2.96. The first-order valence-corrected chi connectivity index (χ1v) is 5.05. The lowest BCUT2D eigenvalue weighted by atomic mass is 10.1. The highest BCUT2D eigenvalue weighted by Crippen LogP contribution is 2.24. The van der Waals surface area contributed by atoms with Crippen molar-refractivity contribution in [3.63, 3.8) is 0 Å². The molecule has 0 atom stereocenters. The number of nitrogens with zero attached hydrogens (tertiary/aromatic N) is 1. The van der Waals surface area contributed by atoms with Crippen molar-refractivity contribution < 1.29 is 22.7 Å². The third-order valence-electron chi connectivity index (χ3n) is 2.23. The molecular formula is C11H12F3NO2. The molecule has 0 spiro atoms. The van der Waals surface area contributed by atoms with Crippen LogP contribution in [0.5, 0.6) is 0 Å². The molecular weight excluding hydrogens is 235 g/mol. The summed E-state index contributed by atoms with van der Waals surface area (Å²) in [5.74, 6) is -1.58. The van der Waals surface area contributed by atoms with Crippen LogP contribution in [-0.4, -0.2) is 17.6 Å². The Kier molecular flexibility index (Phi) is 4.48. The zero-order chi connectivity index (χ0) is 13.0. The molecule has 1 rings (SSSR count). The molecule has 17 heavy (non-hydrogen) atoms. The van der Waals surface area contributed by atoms with Crippen molar-refractivity contribution in [1.29, 1.82) is 0 Å². The predicted octanol–water partition coefficient (Wildman–Crippen LogP) is 2.57. The Hall–Kier alpha value is -1.59. The molecule has 0 saturated carbocycles. The van der Waals surface area contributed by atoms with Crippen molar-refractivity contribution in [2.24, 2.45) is 0 Å². The molecule has 6 heteroatoms. The number of carbonyl (C=O) groups excluding carboxylic acids is 1. The summed E-state index contributed by atoms with van der Waals surface area (Å²) in [5, 5.41) is 0. The molecule has 1 aromatic heterocycles. The molecule has 3 nitrogen and oxygen atoms in total. The summed E-state index contributed by atoms with van der Waals surface area (Å²) in [5.41, 5.74) is -0.684. The molecule has 0 saturated heterocycles. The Morgan fingerprint density at radius 1 is 1.53 bits per heavy atom. The Morgan fingerprint density at radius 2 is 2.18 bits per heavy atom. The van der Waals surface area contributed by atoms with Gasteiger partial charge in [0.25, 0.3) is 6.43 Å². The molecule has 0 aliphatic heterocycles. The number of hydrogen-bond acceptors (Lipinski definition) is 3. The molecule has 0 aliphatic carbocycles. The van der Waals surface area contributed by atoms with Crippen molar-refractivity contribution >= 4 is 5.97 Å². The third-order valence-corrected chi connectivity index (χ3v) is 2.23. The van der Waals surface area contributed by atoms with Crippen molar-refractivity contribution in [1.82, 2.24) is 4.98 Å². The minimum absolute atomic E-state index is 0.0455. The van der Waals surface area contributed by atoms with Crippen molar-refractivity contribution in [2.45, 2.75) is 26.7 Å². The van der Waals surface area contributed by atoms with E-state index in [1.807, 2.05) is 0 Å². The van der Waals surface area contributed by atoms with Gasteiger partial charge >= 0.3 is 5.97 Å². The highest BCUT2D eigenvalue weighted by molar-refractivity contribution is 5.72. The highest BCUT2D eigenvalue weighted by atomic mass is 19.3. The van der Waals surface area contributed by atoms with E-state index in [4.69, 9.17) is 0 Å². The minimum atomic E-state index is -2.92. The van der Waals surface area contributed by atoms with Gasteiger partial charge in [0.05, 0.1) is 24.3 Å². The Morgan fingerprint density at radius 3 is 2.71 bits per heavy atom. The highest BCUT2D eigenvalue weighted by Gasteiger charge is 2.19. The van der Waals surface area contributed by atoms with Gasteiger partial charge in [-0.3, -0.25) is 9.78 Å². The predicted molar refractivity (Wildman–Crippen MR) is 54.2 cm³/mol. The van der Waals surface area contributed by atoms with Crippen LogP contribution < -0.4 is 0 Å². The van der Waals surface area contributed by atoms with Crippen LogP contribution in [0.1, 0.15) is 30.2 Å². The second-order valence-corrected chi connectivity index (χ2v) is 3.38. The standard InChI is InChI=1S/C11H12F3NO2/c1-3-17-9(16)4-8-6(2)10(12)7(5-15-8)11(13)14/h5,11H,3-4H2,1-2H3. The van der Waals surface area contributed by atoms with Gasteiger partial charge < -0.3 is 4.74 Å². The van der Waals surface area contributed by atoms with Crippen LogP contribution >= 0.6 is 0 Å². The van der Waals surface area contributed by atoms with Crippen LogP contribution in [0.3, 0.4) is 0 Å². The van der Waals surface area contributed by atoms with Crippen molar-refractivity contribution in [3.8, 4) is 0 Å². The first kappa shape index (κ1) is 13.5. The zero-order valence-electron chi connectivity index (χ0n) is 9.47. The number of pyridine rings is 1. The number of esters is 1. The molecule has 0 bridgehead atoms. The zero-order valence-corrected chi connectivity index (χ0v) is 9.47. The number of ether oxygens (including phenoxy) is 1. The largest absolute Gasteiger partial charge is 0.466 e. The summed E-state index contributed by atoms with van der Waals surface area (Å²) in [6.07, 6.45) is -2.39. The van der Waals surface area contributed by atoms with E-state index in [2.05, 4.69) is 9.72 Å². The smallest absolute Gasteiger partial charge is 0.311 e. The maximum absolute atomic E-state index is 13.5. The third kappa shape index (κ3) is 3.18. The fraction of sp³-hybridized carbons (Fsp3) is 0.455. The number of carbonyl (C=O) groups is 1. The van der Waals surface area contributed by atoms with Crippen LogP contribution in [-0.2, 0) is 16.0 Å². The van der Waals surface area contributed by atoms with Gasteiger partial charge in [0, 0.05) is 11.8 Å². The molecule has 0 aliphatic rings. The molecule has 0 unspecified atom stereocenters. The number of halogens is 3. The van der Waals surface area contributed by atoms with Gasteiger partial charge in [0.2, 0.25) is 0 Å². The van der Waals surface area contributed by atoms with Crippen LogP contribution in [0.25, 0.3) is 0 Å². The van der Waals surface area contributed by atoms with E-state index in [9.17, 15) is 18.0 Å². The quantitative estimate of drug-likeness (QED) is 0.767. The second-order valence-electron chi connectivity index (χ2n) is 3.38. The number of alkyl halides is 2. The summed E-state index contributed by atoms with van der Waals surface area (Å²) >= 11 is 0. The van der Waals surface area contributed by atoms with E-state index >= 15 is 0 Å². The van der Waals surface area contributed by atoms with Gasteiger partial charge in [0.1, 0.15) is 5.82 Å². The Labute approximate surface area is 96.6 Å². The van der Waals surface area contributed by atoms with E-state index in [1.165, 1.54) is 6.92 Å². The summed E-state index contributed by atoms with van der Waals surface area (Å²) in [4.78, 5) is 14.8. The number of aromatic nitrogens is 1. The number of rotatable bonds is 4. The lowest BCUT2D eigenvalue weighted by Gasteiger charge is -2.09. The monoisotopic (exact) mass is 247 g/mol. The van der Waals surface area contributed by atoms with Crippen LogP contribution in [0, 0.1) is 12.7 Å². The molecule has 1 aromatic rings. The SMILES string of the molecule is CCOC(=O)Cc1ncc(C(F)F)c(F)c1C. The first-order valence-electron chi connectivity index (χ1n) is 5.05. The Bertz CT molecular complexity index is 421. The number of hydrogen-bond donors (Lipinski definition) is 0.